The molecule has 0 radical (unpaired) electrons. The maximum atomic E-state index is 12.7. The molecule has 2 aromatic carbocycles. The zero-order chi connectivity index (χ0) is 21.0. The van der Waals surface area contributed by atoms with E-state index in [-0.39, 0.29) is 17.6 Å². The van der Waals surface area contributed by atoms with Crippen LogP contribution in [0.4, 0.5) is 5.69 Å². The van der Waals surface area contributed by atoms with Crippen molar-refractivity contribution in [3.63, 3.8) is 0 Å². The number of allylic oxidation sites excluding steroid dienone is 1. The number of carbonyl (C=O) groups excluding carboxylic acids is 2. The number of benzene rings is 2. The zero-order valence-electron chi connectivity index (χ0n) is 17.1. The van der Waals surface area contributed by atoms with Crippen molar-refractivity contribution in [2.75, 3.05) is 10.6 Å². The third-order valence-electron chi connectivity index (χ3n) is 6.36. The number of nitrogens with one attached hydrogen (secondary N) is 1. The molecule has 1 N–H and O–H groups in total. The first-order valence-electron chi connectivity index (χ1n) is 10.8. The number of nitrogens with zero attached hydrogens (tertiary/aromatic N) is 1. The van der Waals surface area contributed by atoms with Gasteiger partial charge in [0.1, 0.15) is 5.54 Å². The Morgan fingerprint density at radius 2 is 1.97 bits per heavy atom. The highest BCUT2D eigenvalue weighted by Gasteiger charge is 2.35. The second-order valence-corrected chi connectivity index (χ2v) is 8.86. The number of anilines is 1. The molecule has 2 aromatic rings. The molecule has 4 nitrogen and oxygen atoms in total. The lowest BCUT2D eigenvalue weighted by Crippen LogP contribution is -2.35. The topological polar surface area (TPSA) is 58.5 Å². The predicted molar refractivity (Wildman–Crippen MR) is 127 cm³/mol. The molecule has 0 spiro atoms. The zero-order valence-corrected chi connectivity index (χ0v) is 18.7. The van der Waals surface area contributed by atoms with Crippen LogP contribution in [0.2, 0.25) is 0 Å². The van der Waals surface area contributed by atoms with Crippen molar-refractivity contribution in [3.05, 3.63) is 54.1 Å². The van der Waals surface area contributed by atoms with E-state index in [1.807, 2.05) is 24.3 Å². The first kappa shape index (κ1) is 21.0. The molecule has 1 amide bonds. The molecule has 1 aliphatic heterocycles. The molecule has 1 aliphatic carbocycles. The Morgan fingerprint density at radius 3 is 2.70 bits per heavy atom. The summed E-state index contributed by atoms with van der Waals surface area (Å²) in [5.41, 5.74) is 1.24. The van der Waals surface area contributed by atoms with E-state index in [0.717, 1.165) is 48.6 Å². The van der Waals surface area contributed by atoms with Gasteiger partial charge in [-0.25, -0.2) is 0 Å². The van der Waals surface area contributed by atoms with Crippen LogP contribution in [0.3, 0.4) is 0 Å². The minimum absolute atomic E-state index is 0.0770. The first-order chi connectivity index (χ1) is 14.6. The van der Waals surface area contributed by atoms with E-state index in [1.165, 1.54) is 12.0 Å². The molecule has 30 heavy (non-hydrogen) atoms. The van der Waals surface area contributed by atoms with Crippen LogP contribution in [0.25, 0.3) is 10.8 Å². The number of alkyl halides is 1. The smallest absolute Gasteiger partial charge is 0.227 e. The summed E-state index contributed by atoms with van der Waals surface area (Å²) in [5, 5.41) is 5.67. The summed E-state index contributed by atoms with van der Waals surface area (Å²) in [4.78, 5) is 29.6. The van der Waals surface area contributed by atoms with Crippen molar-refractivity contribution in [1.29, 1.82) is 0 Å². The van der Waals surface area contributed by atoms with Crippen molar-refractivity contribution in [3.8, 4) is 0 Å². The van der Waals surface area contributed by atoms with Crippen molar-refractivity contribution in [1.82, 2.24) is 0 Å². The largest absolute Gasteiger partial charge is 0.326 e. The van der Waals surface area contributed by atoms with Crippen LogP contribution >= 0.6 is 15.9 Å². The summed E-state index contributed by atoms with van der Waals surface area (Å²) in [6.45, 7) is 0. The molecule has 0 bridgehead atoms. The molecular formula is C25H27BrN2O2. The predicted octanol–water partition coefficient (Wildman–Crippen LogP) is 5.63. The Hall–Kier alpha value is -2.27. The number of aryl methyl sites for hydroxylation is 1. The summed E-state index contributed by atoms with van der Waals surface area (Å²) in [5.74, 6) is 0.346. The van der Waals surface area contributed by atoms with E-state index in [1.54, 1.807) is 6.21 Å². The molecule has 5 heteroatoms. The molecule has 0 saturated heterocycles. The number of hydrogen-bond acceptors (Lipinski definition) is 3. The van der Waals surface area contributed by atoms with Gasteiger partial charge in [0.2, 0.25) is 5.91 Å². The standard InChI is InChI=1S/C25H27BrN2O2/c26-17-23(29)25(13-5-15-27-25)14-12-19-9-4-8-18-10-11-21(16-22(18)19)28-24(30)20-6-2-1-3-7-20/h4-5,8-11,13,15-16,20H,1-3,6-7,12,14,17H2,(H,28,30). The van der Waals surface area contributed by atoms with Gasteiger partial charge in [0.25, 0.3) is 0 Å². The summed E-state index contributed by atoms with van der Waals surface area (Å²) in [7, 11) is 0. The third kappa shape index (κ3) is 4.41. The third-order valence-corrected chi connectivity index (χ3v) is 6.87. The van der Waals surface area contributed by atoms with E-state index in [9.17, 15) is 9.59 Å². The van der Waals surface area contributed by atoms with Crippen molar-refractivity contribution >= 4 is 50.3 Å². The minimum Gasteiger partial charge on any atom is -0.326 e. The van der Waals surface area contributed by atoms with Gasteiger partial charge in [-0.3, -0.25) is 14.6 Å². The average molecular weight is 467 g/mol. The highest BCUT2D eigenvalue weighted by Crippen LogP contribution is 2.30. The van der Waals surface area contributed by atoms with Crippen molar-refractivity contribution in [2.45, 2.75) is 50.5 Å². The number of ketones is 1. The monoisotopic (exact) mass is 466 g/mol. The fraction of sp³-hybridized carbons (Fsp3) is 0.400. The van der Waals surface area contributed by atoms with Gasteiger partial charge in [-0.05, 0) is 66.3 Å². The van der Waals surface area contributed by atoms with Gasteiger partial charge in [0.15, 0.2) is 5.78 Å². The molecule has 4 rings (SSSR count). The number of amides is 1. The number of Topliss-reactive ketones (excluding diaryl/α,β-unsaturated/α-hetero) is 1. The Labute approximate surface area is 186 Å². The van der Waals surface area contributed by atoms with Crippen LogP contribution in [0.15, 0.2) is 53.5 Å². The number of hydrogen-bond donors (Lipinski definition) is 1. The number of rotatable bonds is 7. The normalized spacial score (nSPS) is 21.2. The summed E-state index contributed by atoms with van der Waals surface area (Å²) in [6.07, 6.45) is 12.3. The van der Waals surface area contributed by atoms with E-state index in [4.69, 9.17) is 0 Å². The van der Waals surface area contributed by atoms with Crippen LogP contribution < -0.4 is 5.32 Å². The molecule has 156 valence electrons. The summed E-state index contributed by atoms with van der Waals surface area (Å²) < 4.78 is 0. The quantitative estimate of drug-likeness (QED) is 0.537. The van der Waals surface area contributed by atoms with Crippen LogP contribution in [0.1, 0.15) is 44.1 Å². The molecule has 1 unspecified atom stereocenters. The van der Waals surface area contributed by atoms with Crippen LogP contribution in [-0.4, -0.2) is 28.8 Å². The van der Waals surface area contributed by atoms with Gasteiger partial charge in [-0.2, -0.15) is 0 Å². The van der Waals surface area contributed by atoms with E-state index < -0.39 is 5.54 Å². The van der Waals surface area contributed by atoms with Crippen molar-refractivity contribution in [2.24, 2.45) is 10.9 Å². The Bertz CT molecular complexity index is 993. The Morgan fingerprint density at radius 1 is 1.13 bits per heavy atom. The van der Waals surface area contributed by atoms with Gasteiger partial charge < -0.3 is 5.32 Å². The van der Waals surface area contributed by atoms with E-state index >= 15 is 0 Å². The van der Waals surface area contributed by atoms with Gasteiger partial charge in [-0.15, -0.1) is 0 Å². The number of halogens is 1. The lowest BCUT2D eigenvalue weighted by atomic mass is 9.87. The van der Waals surface area contributed by atoms with Gasteiger partial charge >= 0.3 is 0 Å². The lowest BCUT2D eigenvalue weighted by molar-refractivity contribution is -0.121. The molecule has 1 fully saturated rings. The van der Waals surface area contributed by atoms with E-state index in [2.05, 4.69) is 50.5 Å². The Kier molecular flexibility index (Phi) is 6.47. The van der Waals surface area contributed by atoms with Gasteiger partial charge in [-0.1, -0.05) is 59.5 Å². The maximum Gasteiger partial charge on any atom is 0.227 e. The number of fused-ring (bicyclic) bond motifs is 1. The molecule has 1 atom stereocenters. The molecule has 0 aromatic heterocycles. The summed E-state index contributed by atoms with van der Waals surface area (Å²) >= 11 is 3.29. The molecule has 2 aliphatic rings. The SMILES string of the molecule is O=C(Nc1ccc2cccc(CCC3(C(=O)CBr)C=CC=N3)c2c1)C1CCCCC1. The number of aliphatic imine (C=N–C) groups is 1. The fourth-order valence-corrected chi connectivity index (χ4v) is 5.04. The average Bonchev–Trinajstić information content (AvgIpc) is 3.28. The second-order valence-electron chi connectivity index (χ2n) is 8.30. The maximum absolute atomic E-state index is 12.7. The molecular weight excluding hydrogens is 440 g/mol. The Balaban J connectivity index is 1.54. The fourth-order valence-electron chi connectivity index (χ4n) is 4.56. The van der Waals surface area contributed by atoms with Crippen LogP contribution in [0.5, 0.6) is 0 Å². The van der Waals surface area contributed by atoms with Crippen LogP contribution in [0, 0.1) is 5.92 Å². The van der Waals surface area contributed by atoms with Crippen LogP contribution in [-0.2, 0) is 16.0 Å². The van der Waals surface area contributed by atoms with Gasteiger partial charge in [0.05, 0.1) is 5.33 Å². The molecule has 1 saturated carbocycles. The first-order valence-corrected chi connectivity index (χ1v) is 11.9. The van der Waals surface area contributed by atoms with Gasteiger partial charge in [0, 0.05) is 17.8 Å². The van der Waals surface area contributed by atoms with E-state index in [0.29, 0.717) is 11.8 Å². The van der Waals surface area contributed by atoms with Crippen molar-refractivity contribution < 1.29 is 9.59 Å². The highest BCUT2D eigenvalue weighted by atomic mass is 79.9. The second kappa shape index (κ2) is 9.25. The lowest BCUT2D eigenvalue weighted by Gasteiger charge is -2.22. The highest BCUT2D eigenvalue weighted by molar-refractivity contribution is 9.09. The summed E-state index contributed by atoms with van der Waals surface area (Å²) in [6, 6.07) is 12.3. The molecule has 1 heterocycles. The minimum atomic E-state index is -0.765. The number of carbonyl (C=O) groups is 2.